The van der Waals surface area contributed by atoms with E-state index in [4.69, 9.17) is 0 Å². The van der Waals surface area contributed by atoms with E-state index in [1.54, 1.807) is 12.4 Å². The van der Waals surface area contributed by atoms with Crippen LogP contribution in [0.25, 0.3) is 10.8 Å². The summed E-state index contributed by atoms with van der Waals surface area (Å²) < 4.78 is 0. The zero-order valence-electron chi connectivity index (χ0n) is 10.7. The summed E-state index contributed by atoms with van der Waals surface area (Å²) >= 11 is 0. The Bertz CT molecular complexity index is 716. The fourth-order valence-corrected chi connectivity index (χ4v) is 2.40. The van der Waals surface area contributed by atoms with E-state index in [0.29, 0.717) is 0 Å². The van der Waals surface area contributed by atoms with Gasteiger partial charge in [0.05, 0.1) is 0 Å². The summed E-state index contributed by atoms with van der Waals surface area (Å²) in [5.41, 5.74) is 2.80. The number of aliphatic hydroxyl groups excluding tert-OH is 1. The molecule has 1 heterocycles. The van der Waals surface area contributed by atoms with Gasteiger partial charge >= 0.3 is 0 Å². The van der Waals surface area contributed by atoms with Crippen LogP contribution in [0.1, 0.15) is 22.8 Å². The van der Waals surface area contributed by atoms with Gasteiger partial charge in [0.2, 0.25) is 0 Å². The Hall–Kier alpha value is -2.19. The first-order chi connectivity index (χ1) is 9.25. The quantitative estimate of drug-likeness (QED) is 0.752. The largest absolute Gasteiger partial charge is 0.384 e. The first kappa shape index (κ1) is 11.9. The predicted molar refractivity (Wildman–Crippen MR) is 77.0 cm³/mol. The highest BCUT2D eigenvalue weighted by molar-refractivity contribution is 5.86. The maximum absolute atomic E-state index is 10.6. The van der Waals surface area contributed by atoms with Gasteiger partial charge in [-0.1, -0.05) is 48.5 Å². The van der Waals surface area contributed by atoms with E-state index in [2.05, 4.69) is 17.1 Å². The lowest BCUT2D eigenvalue weighted by Gasteiger charge is -2.14. The first-order valence-electron chi connectivity index (χ1n) is 6.33. The van der Waals surface area contributed by atoms with Gasteiger partial charge in [0.1, 0.15) is 6.10 Å². The summed E-state index contributed by atoms with van der Waals surface area (Å²) in [6.45, 7) is 1.98. The molecule has 3 aromatic rings. The summed E-state index contributed by atoms with van der Waals surface area (Å²) in [7, 11) is 0. The number of nitrogens with zero attached hydrogens (tertiary/aromatic N) is 1. The lowest BCUT2D eigenvalue weighted by molar-refractivity contribution is 0.221. The van der Waals surface area contributed by atoms with Gasteiger partial charge in [0.25, 0.3) is 0 Å². The van der Waals surface area contributed by atoms with E-state index in [0.717, 1.165) is 27.5 Å². The van der Waals surface area contributed by atoms with Crippen molar-refractivity contribution in [1.82, 2.24) is 4.98 Å². The van der Waals surface area contributed by atoms with Crippen LogP contribution < -0.4 is 0 Å². The number of benzene rings is 2. The van der Waals surface area contributed by atoms with Gasteiger partial charge in [-0.25, -0.2) is 0 Å². The van der Waals surface area contributed by atoms with Crippen LogP contribution in [-0.4, -0.2) is 10.1 Å². The number of aromatic nitrogens is 1. The minimum absolute atomic E-state index is 0.640. The van der Waals surface area contributed by atoms with E-state index in [-0.39, 0.29) is 0 Å². The third-order valence-electron chi connectivity index (χ3n) is 3.33. The van der Waals surface area contributed by atoms with E-state index in [9.17, 15) is 5.11 Å². The second kappa shape index (κ2) is 4.82. The Balaban J connectivity index is 2.14. The molecule has 3 rings (SSSR count). The van der Waals surface area contributed by atoms with Gasteiger partial charge in [-0.3, -0.25) is 4.98 Å². The van der Waals surface area contributed by atoms with Crippen molar-refractivity contribution in [1.29, 1.82) is 0 Å². The van der Waals surface area contributed by atoms with Crippen molar-refractivity contribution >= 4 is 10.8 Å². The lowest BCUT2D eigenvalue weighted by atomic mass is 9.96. The minimum Gasteiger partial charge on any atom is -0.384 e. The molecule has 1 atom stereocenters. The standard InChI is InChI=1S/C17H15NO/c1-12-9-14(11-18-10-12)17(19)16-8-4-6-13-5-2-3-7-15(13)16/h2-11,17,19H,1H3. The molecule has 0 spiro atoms. The number of fused-ring (bicyclic) bond motifs is 1. The number of hydrogen-bond acceptors (Lipinski definition) is 2. The van der Waals surface area contributed by atoms with E-state index in [1.165, 1.54) is 0 Å². The van der Waals surface area contributed by atoms with Crippen LogP contribution in [0.15, 0.2) is 60.9 Å². The van der Waals surface area contributed by atoms with Crippen molar-refractivity contribution in [3.63, 3.8) is 0 Å². The van der Waals surface area contributed by atoms with Gasteiger partial charge in [-0.15, -0.1) is 0 Å². The molecule has 2 nitrogen and oxygen atoms in total. The average Bonchev–Trinajstić information content (AvgIpc) is 2.46. The molecular weight excluding hydrogens is 234 g/mol. The van der Waals surface area contributed by atoms with Crippen molar-refractivity contribution in [2.45, 2.75) is 13.0 Å². The Morgan fingerprint density at radius 3 is 2.63 bits per heavy atom. The van der Waals surface area contributed by atoms with Crippen LogP contribution in [0.3, 0.4) is 0 Å². The zero-order chi connectivity index (χ0) is 13.2. The van der Waals surface area contributed by atoms with Crippen LogP contribution in [0.5, 0.6) is 0 Å². The van der Waals surface area contributed by atoms with E-state index < -0.39 is 6.10 Å². The minimum atomic E-state index is -0.640. The van der Waals surface area contributed by atoms with Gasteiger partial charge in [0.15, 0.2) is 0 Å². The molecule has 0 amide bonds. The van der Waals surface area contributed by atoms with Gasteiger partial charge < -0.3 is 5.11 Å². The van der Waals surface area contributed by atoms with Gasteiger partial charge in [0, 0.05) is 18.0 Å². The fourth-order valence-electron chi connectivity index (χ4n) is 2.40. The summed E-state index contributed by atoms with van der Waals surface area (Å²) in [4.78, 5) is 4.15. The molecule has 1 unspecified atom stereocenters. The molecule has 94 valence electrons. The first-order valence-corrected chi connectivity index (χ1v) is 6.33. The van der Waals surface area contributed by atoms with Gasteiger partial charge in [-0.2, -0.15) is 0 Å². The molecule has 0 aliphatic heterocycles. The molecule has 0 aliphatic carbocycles. The number of pyridine rings is 1. The van der Waals surface area contributed by atoms with Crippen molar-refractivity contribution < 1.29 is 5.11 Å². The molecule has 0 saturated carbocycles. The second-order valence-corrected chi connectivity index (χ2v) is 4.77. The van der Waals surface area contributed by atoms with E-state index in [1.807, 2.05) is 43.3 Å². The summed E-state index contributed by atoms with van der Waals surface area (Å²) in [6.07, 6.45) is 2.87. The van der Waals surface area contributed by atoms with Crippen molar-refractivity contribution in [2.24, 2.45) is 0 Å². The Morgan fingerprint density at radius 1 is 1.00 bits per heavy atom. The van der Waals surface area contributed by atoms with Crippen LogP contribution >= 0.6 is 0 Å². The zero-order valence-corrected chi connectivity index (χ0v) is 10.7. The highest BCUT2D eigenvalue weighted by Gasteiger charge is 2.13. The lowest BCUT2D eigenvalue weighted by Crippen LogP contribution is -2.01. The van der Waals surface area contributed by atoms with Crippen LogP contribution in [0, 0.1) is 6.92 Å². The molecule has 0 radical (unpaired) electrons. The monoisotopic (exact) mass is 249 g/mol. The smallest absolute Gasteiger partial charge is 0.106 e. The normalized spacial score (nSPS) is 12.5. The van der Waals surface area contributed by atoms with E-state index >= 15 is 0 Å². The third kappa shape index (κ3) is 2.23. The maximum Gasteiger partial charge on any atom is 0.106 e. The highest BCUT2D eigenvalue weighted by atomic mass is 16.3. The summed E-state index contributed by atoms with van der Waals surface area (Å²) in [5, 5.41) is 12.8. The molecule has 1 aromatic heterocycles. The second-order valence-electron chi connectivity index (χ2n) is 4.77. The highest BCUT2D eigenvalue weighted by Crippen LogP contribution is 2.28. The van der Waals surface area contributed by atoms with Crippen molar-refractivity contribution in [2.75, 3.05) is 0 Å². The molecule has 2 heteroatoms. The third-order valence-corrected chi connectivity index (χ3v) is 3.33. The predicted octanol–water partition coefficient (Wildman–Crippen LogP) is 3.62. The molecule has 0 fully saturated rings. The van der Waals surface area contributed by atoms with Gasteiger partial charge in [-0.05, 0) is 28.8 Å². The fraction of sp³-hybridized carbons (Fsp3) is 0.118. The Morgan fingerprint density at radius 2 is 1.79 bits per heavy atom. The van der Waals surface area contributed by atoms with Crippen LogP contribution in [0.2, 0.25) is 0 Å². The average molecular weight is 249 g/mol. The maximum atomic E-state index is 10.6. The number of rotatable bonds is 2. The molecule has 19 heavy (non-hydrogen) atoms. The summed E-state index contributed by atoms with van der Waals surface area (Å²) in [5.74, 6) is 0. The Kier molecular flexibility index (Phi) is 3.02. The summed E-state index contributed by atoms with van der Waals surface area (Å²) in [6, 6.07) is 16.1. The Labute approximate surface area is 112 Å². The SMILES string of the molecule is Cc1cncc(C(O)c2cccc3ccccc23)c1. The molecule has 0 bridgehead atoms. The van der Waals surface area contributed by atoms with Crippen LogP contribution in [-0.2, 0) is 0 Å². The molecule has 1 N–H and O–H groups in total. The number of aliphatic hydroxyl groups is 1. The van der Waals surface area contributed by atoms with Crippen molar-refractivity contribution in [3.05, 3.63) is 77.6 Å². The topological polar surface area (TPSA) is 33.1 Å². The van der Waals surface area contributed by atoms with Crippen LogP contribution in [0.4, 0.5) is 0 Å². The molecule has 2 aromatic carbocycles. The van der Waals surface area contributed by atoms with Crippen molar-refractivity contribution in [3.8, 4) is 0 Å². The molecule has 0 saturated heterocycles. The number of hydrogen-bond donors (Lipinski definition) is 1. The molecular formula is C17H15NO. The molecule has 0 aliphatic rings. The number of aryl methyl sites for hydroxylation is 1.